The Morgan fingerprint density at radius 2 is 2.24 bits per heavy atom. The number of esters is 1. The minimum Gasteiger partial charge on any atom is -0.459 e. The second-order valence-corrected chi connectivity index (χ2v) is 6.46. The maximum absolute atomic E-state index is 11.8. The summed E-state index contributed by atoms with van der Waals surface area (Å²) in [5.41, 5.74) is 0.268. The first kappa shape index (κ1) is 15.6. The quantitative estimate of drug-likeness (QED) is 0.676. The Morgan fingerprint density at radius 1 is 1.48 bits per heavy atom. The highest BCUT2D eigenvalue weighted by atomic mass is 32.2. The Balaban J connectivity index is 2.13. The van der Waals surface area contributed by atoms with Crippen LogP contribution in [0.2, 0.25) is 0 Å². The van der Waals surface area contributed by atoms with Crippen LogP contribution in [0.3, 0.4) is 0 Å². The highest BCUT2D eigenvalue weighted by Gasteiger charge is 2.17. The van der Waals surface area contributed by atoms with Gasteiger partial charge in [0.1, 0.15) is 16.4 Å². The Kier molecular flexibility index (Phi) is 4.72. The van der Waals surface area contributed by atoms with Crippen LogP contribution in [0.4, 0.5) is 5.82 Å². The number of hydrogen-bond acceptors (Lipinski definition) is 6. The number of aromatic nitrogens is 3. The third kappa shape index (κ3) is 4.35. The minimum atomic E-state index is -0.473. The van der Waals surface area contributed by atoms with E-state index >= 15 is 0 Å². The van der Waals surface area contributed by atoms with Gasteiger partial charge < -0.3 is 14.5 Å². The van der Waals surface area contributed by atoms with Crippen LogP contribution in [0.1, 0.15) is 27.7 Å². The van der Waals surface area contributed by atoms with Crippen LogP contribution >= 0.6 is 11.8 Å². The van der Waals surface area contributed by atoms with Crippen molar-refractivity contribution in [3.8, 4) is 0 Å². The SMILES string of the molecule is CCNc1cn2ccnc2c(SCC(=O)OC(C)(C)C)n1. The molecule has 0 fully saturated rings. The third-order valence-electron chi connectivity index (χ3n) is 2.45. The maximum Gasteiger partial charge on any atom is 0.316 e. The average molecular weight is 308 g/mol. The number of nitrogens with zero attached hydrogens (tertiary/aromatic N) is 3. The molecule has 7 heteroatoms. The number of nitrogens with one attached hydrogen (secondary N) is 1. The van der Waals surface area contributed by atoms with Gasteiger partial charge in [-0.1, -0.05) is 11.8 Å². The van der Waals surface area contributed by atoms with E-state index in [4.69, 9.17) is 4.74 Å². The van der Waals surface area contributed by atoms with Crippen LogP contribution in [-0.4, -0.2) is 38.2 Å². The Hall–Kier alpha value is -1.76. The molecule has 0 aromatic carbocycles. The number of rotatable bonds is 5. The molecule has 0 amide bonds. The van der Waals surface area contributed by atoms with Gasteiger partial charge in [0.25, 0.3) is 0 Å². The molecule has 0 aliphatic carbocycles. The molecule has 2 aromatic heterocycles. The fourth-order valence-electron chi connectivity index (χ4n) is 1.76. The van der Waals surface area contributed by atoms with E-state index in [9.17, 15) is 4.79 Å². The molecular weight excluding hydrogens is 288 g/mol. The molecule has 0 aliphatic rings. The van der Waals surface area contributed by atoms with Gasteiger partial charge >= 0.3 is 5.97 Å². The van der Waals surface area contributed by atoms with E-state index in [1.807, 2.05) is 44.5 Å². The van der Waals surface area contributed by atoms with Gasteiger partial charge in [-0.05, 0) is 27.7 Å². The summed E-state index contributed by atoms with van der Waals surface area (Å²) in [6, 6.07) is 0. The molecule has 0 unspecified atom stereocenters. The number of imidazole rings is 1. The number of carbonyl (C=O) groups excluding carboxylic acids is 1. The molecule has 0 spiro atoms. The predicted octanol–water partition coefficient (Wildman–Crippen LogP) is 2.59. The fraction of sp³-hybridized carbons (Fsp3) is 0.500. The molecule has 6 nitrogen and oxygen atoms in total. The van der Waals surface area contributed by atoms with Gasteiger partial charge in [0.2, 0.25) is 0 Å². The molecule has 114 valence electrons. The van der Waals surface area contributed by atoms with Crippen LogP contribution in [-0.2, 0) is 9.53 Å². The van der Waals surface area contributed by atoms with Gasteiger partial charge in [-0.3, -0.25) is 4.79 Å². The molecule has 21 heavy (non-hydrogen) atoms. The van der Waals surface area contributed by atoms with Crippen LogP contribution in [0.25, 0.3) is 5.65 Å². The summed E-state index contributed by atoms with van der Waals surface area (Å²) >= 11 is 1.33. The summed E-state index contributed by atoms with van der Waals surface area (Å²) in [5, 5.41) is 3.88. The first-order valence-electron chi connectivity index (χ1n) is 6.81. The summed E-state index contributed by atoms with van der Waals surface area (Å²) in [6.07, 6.45) is 5.45. The van der Waals surface area contributed by atoms with E-state index in [1.165, 1.54) is 11.8 Å². The topological polar surface area (TPSA) is 68.5 Å². The molecule has 0 atom stereocenters. The van der Waals surface area contributed by atoms with Gasteiger partial charge in [0.05, 0.1) is 11.9 Å². The zero-order valence-electron chi connectivity index (χ0n) is 12.7. The first-order chi connectivity index (χ1) is 9.89. The lowest BCUT2D eigenvalue weighted by atomic mass is 10.2. The molecule has 2 rings (SSSR count). The smallest absolute Gasteiger partial charge is 0.316 e. The van der Waals surface area contributed by atoms with Crippen molar-refractivity contribution in [2.75, 3.05) is 17.6 Å². The largest absolute Gasteiger partial charge is 0.459 e. The molecule has 1 N–H and O–H groups in total. The zero-order chi connectivity index (χ0) is 15.5. The molecule has 2 aromatic rings. The summed E-state index contributed by atoms with van der Waals surface area (Å²) in [4.78, 5) is 20.6. The van der Waals surface area contributed by atoms with Crippen molar-refractivity contribution in [1.82, 2.24) is 14.4 Å². The molecule has 0 saturated heterocycles. The van der Waals surface area contributed by atoms with Crippen LogP contribution < -0.4 is 5.32 Å². The van der Waals surface area contributed by atoms with E-state index in [1.54, 1.807) is 6.20 Å². The molecule has 0 aliphatic heterocycles. The highest BCUT2D eigenvalue weighted by Crippen LogP contribution is 2.23. The Bertz CT molecular complexity index is 633. The van der Waals surface area contributed by atoms with Crippen molar-refractivity contribution in [2.24, 2.45) is 0 Å². The van der Waals surface area contributed by atoms with Crippen molar-refractivity contribution < 1.29 is 9.53 Å². The fourth-order valence-corrected chi connectivity index (χ4v) is 2.53. The summed E-state index contributed by atoms with van der Waals surface area (Å²) in [5.74, 6) is 0.713. The number of fused-ring (bicyclic) bond motifs is 1. The lowest BCUT2D eigenvalue weighted by molar-refractivity contribution is -0.151. The normalized spacial score (nSPS) is 11.6. The summed E-state index contributed by atoms with van der Waals surface area (Å²) < 4.78 is 7.19. The van der Waals surface area contributed by atoms with Gasteiger partial charge in [0.15, 0.2) is 5.65 Å². The van der Waals surface area contributed by atoms with Gasteiger partial charge in [-0.15, -0.1) is 0 Å². The lowest BCUT2D eigenvalue weighted by Gasteiger charge is -2.19. The van der Waals surface area contributed by atoms with Crippen LogP contribution in [0.5, 0.6) is 0 Å². The third-order valence-corrected chi connectivity index (χ3v) is 3.38. The van der Waals surface area contributed by atoms with Crippen molar-refractivity contribution in [3.05, 3.63) is 18.6 Å². The lowest BCUT2D eigenvalue weighted by Crippen LogP contribution is -2.25. The molecule has 0 radical (unpaired) electrons. The predicted molar refractivity (Wildman–Crippen MR) is 83.7 cm³/mol. The first-order valence-corrected chi connectivity index (χ1v) is 7.80. The van der Waals surface area contributed by atoms with E-state index < -0.39 is 5.60 Å². The van der Waals surface area contributed by atoms with Crippen molar-refractivity contribution >= 4 is 29.2 Å². The zero-order valence-corrected chi connectivity index (χ0v) is 13.5. The molecule has 0 saturated carbocycles. The second-order valence-electron chi connectivity index (χ2n) is 5.49. The average Bonchev–Trinajstić information content (AvgIpc) is 2.82. The second kappa shape index (κ2) is 6.34. The van der Waals surface area contributed by atoms with E-state index in [-0.39, 0.29) is 11.7 Å². The molecular formula is C14H20N4O2S. The van der Waals surface area contributed by atoms with E-state index in [0.29, 0.717) is 5.03 Å². The van der Waals surface area contributed by atoms with Gasteiger partial charge in [-0.2, -0.15) is 0 Å². The van der Waals surface area contributed by atoms with Crippen molar-refractivity contribution in [3.63, 3.8) is 0 Å². The Morgan fingerprint density at radius 3 is 2.90 bits per heavy atom. The minimum absolute atomic E-state index is 0.211. The standard InChI is InChI=1S/C14H20N4O2S/c1-5-15-10-8-18-7-6-16-12(18)13(17-10)21-9-11(19)20-14(2,3)4/h6-8,15H,5,9H2,1-4H3. The van der Waals surface area contributed by atoms with Gasteiger partial charge in [-0.25, -0.2) is 9.97 Å². The van der Waals surface area contributed by atoms with E-state index in [0.717, 1.165) is 18.0 Å². The molecule has 0 bridgehead atoms. The number of hydrogen-bond donors (Lipinski definition) is 1. The van der Waals surface area contributed by atoms with E-state index in [2.05, 4.69) is 15.3 Å². The number of ether oxygens (including phenoxy) is 1. The number of carbonyl (C=O) groups is 1. The highest BCUT2D eigenvalue weighted by molar-refractivity contribution is 8.00. The van der Waals surface area contributed by atoms with Crippen molar-refractivity contribution in [1.29, 1.82) is 0 Å². The maximum atomic E-state index is 11.8. The van der Waals surface area contributed by atoms with Crippen LogP contribution in [0.15, 0.2) is 23.6 Å². The van der Waals surface area contributed by atoms with Crippen molar-refractivity contribution in [2.45, 2.75) is 38.3 Å². The summed E-state index contributed by atoms with van der Waals surface area (Å²) in [7, 11) is 0. The number of thioether (sulfide) groups is 1. The summed E-state index contributed by atoms with van der Waals surface area (Å²) in [6.45, 7) is 8.35. The monoisotopic (exact) mass is 308 g/mol. The Labute approximate surface area is 128 Å². The van der Waals surface area contributed by atoms with Crippen LogP contribution in [0, 0.1) is 0 Å². The van der Waals surface area contributed by atoms with Gasteiger partial charge in [0, 0.05) is 18.9 Å². The number of anilines is 1. The molecule has 2 heterocycles.